The van der Waals surface area contributed by atoms with E-state index in [-0.39, 0.29) is 29.3 Å². The van der Waals surface area contributed by atoms with Gasteiger partial charge in [-0.15, -0.1) is 0 Å². The zero-order valence-corrected chi connectivity index (χ0v) is 13.3. The first kappa shape index (κ1) is 15.5. The minimum Gasteiger partial charge on any atom is -0.469 e. The van der Waals surface area contributed by atoms with Crippen LogP contribution in [0.25, 0.3) is 0 Å². The van der Waals surface area contributed by atoms with Crippen molar-refractivity contribution in [3.63, 3.8) is 0 Å². The SMILES string of the molecule is CCOC(=O)[C@H]1Cc2c([nH]c(=S)[nH]c2=O)O[C@@H]1c1ccccc1. The van der Waals surface area contributed by atoms with E-state index in [4.69, 9.17) is 21.7 Å². The van der Waals surface area contributed by atoms with E-state index in [1.807, 2.05) is 30.3 Å². The summed E-state index contributed by atoms with van der Waals surface area (Å²) in [5, 5.41) is 0. The number of rotatable bonds is 3. The molecule has 23 heavy (non-hydrogen) atoms. The van der Waals surface area contributed by atoms with Crippen molar-refractivity contribution >= 4 is 18.2 Å². The molecule has 7 heteroatoms. The lowest BCUT2D eigenvalue weighted by Gasteiger charge is -2.31. The Bertz CT molecular complexity index is 828. The minimum atomic E-state index is -0.588. The molecule has 0 radical (unpaired) electrons. The van der Waals surface area contributed by atoms with E-state index in [0.29, 0.717) is 11.4 Å². The predicted molar refractivity (Wildman–Crippen MR) is 85.9 cm³/mol. The molecule has 6 nitrogen and oxygen atoms in total. The fraction of sp³-hybridized carbons (Fsp3) is 0.312. The van der Waals surface area contributed by atoms with E-state index in [1.165, 1.54) is 0 Å². The van der Waals surface area contributed by atoms with E-state index >= 15 is 0 Å². The molecule has 1 aromatic heterocycles. The molecule has 0 unspecified atom stereocenters. The van der Waals surface area contributed by atoms with Crippen molar-refractivity contribution in [2.75, 3.05) is 6.61 Å². The Kier molecular flexibility index (Phi) is 4.29. The number of nitrogens with one attached hydrogen (secondary N) is 2. The van der Waals surface area contributed by atoms with Crippen molar-refractivity contribution in [3.8, 4) is 5.88 Å². The second-order valence-corrected chi connectivity index (χ2v) is 5.64. The monoisotopic (exact) mass is 332 g/mol. The van der Waals surface area contributed by atoms with Gasteiger partial charge in [-0.1, -0.05) is 30.3 Å². The second-order valence-electron chi connectivity index (χ2n) is 5.23. The molecule has 1 aliphatic rings. The molecule has 0 aliphatic carbocycles. The van der Waals surface area contributed by atoms with E-state index in [2.05, 4.69) is 9.97 Å². The molecule has 0 bridgehead atoms. The highest BCUT2D eigenvalue weighted by atomic mass is 32.1. The van der Waals surface area contributed by atoms with Crippen LogP contribution in [0, 0.1) is 10.7 Å². The number of fused-ring (bicyclic) bond motifs is 1. The third-order valence-corrected chi connectivity index (χ3v) is 3.96. The summed E-state index contributed by atoms with van der Waals surface area (Å²) in [6.45, 7) is 2.02. The molecule has 0 saturated carbocycles. The summed E-state index contributed by atoms with van der Waals surface area (Å²) < 4.78 is 11.3. The van der Waals surface area contributed by atoms with Crippen molar-refractivity contribution < 1.29 is 14.3 Å². The molecule has 1 aliphatic heterocycles. The van der Waals surface area contributed by atoms with Gasteiger partial charge in [-0.05, 0) is 24.7 Å². The molecule has 120 valence electrons. The summed E-state index contributed by atoms with van der Waals surface area (Å²) in [5.41, 5.74) is 0.879. The fourth-order valence-electron chi connectivity index (χ4n) is 2.71. The molecule has 2 aromatic rings. The van der Waals surface area contributed by atoms with Crippen LogP contribution in [-0.2, 0) is 16.0 Å². The third-order valence-electron chi connectivity index (χ3n) is 3.75. The molecule has 0 fully saturated rings. The summed E-state index contributed by atoms with van der Waals surface area (Å²) in [7, 11) is 0. The fourth-order valence-corrected chi connectivity index (χ4v) is 2.90. The first-order valence-electron chi connectivity index (χ1n) is 7.34. The van der Waals surface area contributed by atoms with Crippen LogP contribution in [0.2, 0.25) is 0 Å². The minimum absolute atomic E-state index is 0.190. The van der Waals surface area contributed by atoms with Crippen molar-refractivity contribution in [2.45, 2.75) is 19.4 Å². The summed E-state index contributed by atoms with van der Waals surface area (Å²) >= 11 is 4.98. The number of aromatic amines is 2. The highest BCUT2D eigenvalue weighted by Crippen LogP contribution is 2.36. The van der Waals surface area contributed by atoms with Gasteiger partial charge in [-0.3, -0.25) is 14.6 Å². The van der Waals surface area contributed by atoms with Gasteiger partial charge in [0.05, 0.1) is 12.2 Å². The third kappa shape index (κ3) is 3.05. The number of aromatic nitrogens is 2. The maximum atomic E-state index is 12.3. The topological polar surface area (TPSA) is 84.2 Å². The van der Waals surface area contributed by atoms with E-state index in [0.717, 1.165) is 5.56 Å². The zero-order chi connectivity index (χ0) is 16.4. The van der Waals surface area contributed by atoms with Gasteiger partial charge in [-0.25, -0.2) is 0 Å². The smallest absolute Gasteiger partial charge is 0.313 e. The van der Waals surface area contributed by atoms with Gasteiger partial charge in [0.2, 0.25) is 5.88 Å². The number of hydrogen-bond acceptors (Lipinski definition) is 5. The molecule has 2 heterocycles. The van der Waals surface area contributed by atoms with Gasteiger partial charge in [-0.2, -0.15) is 0 Å². The largest absolute Gasteiger partial charge is 0.469 e. The zero-order valence-electron chi connectivity index (χ0n) is 12.5. The lowest BCUT2D eigenvalue weighted by Crippen LogP contribution is -2.36. The van der Waals surface area contributed by atoms with Crippen molar-refractivity contribution in [3.05, 3.63) is 56.6 Å². The normalized spacial score (nSPS) is 19.5. The Balaban J connectivity index is 2.06. The molecular formula is C16H16N2O4S. The Morgan fingerprint density at radius 2 is 2.09 bits per heavy atom. The van der Waals surface area contributed by atoms with Crippen LogP contribution < -0.4 is 10.3 Å². The maximum Gasteiger partial charge on any atom is 0.313 e. The molecule has 2 atom stereocenters. The first-order valence-corrected chi connectivity index (χ1v) is 7.74. The summed E-state index contributed by atoms with van der Waals surface area (Å²) in [6.07, 6.45) is -0.301. The predicted octanol–water partition coefficient (Wildman–Crippen LogP) is 2.29. The summed E-state index contributed by atoms with van der Waals surface area (Å²) in [6, 6.07) is 9.39. The Hall–Kier alpha value is -2.41. The number of esters is 1. The van der Waals surface area contributed by atoms with Crippen LogP contribution in [-0.4, -0.2) is 22.5 Å². The van der Waals surface area contributed by atoms with Crippen molar-refractivity contribution in [1.29, 1.82) is 0 Å². The lowest BCUT2D eigenvalue weighted by molar-refractivity contribution is -0.152. The maximum absolute atomic E-state index is 12.3. The van der Waals surface area contributed by atoms with Crippen molar-refractivity contribution in [1.82, 2.24) is 9.97 Å². The first-order chi connectivity index (χ1) is 11.1. The second kappa shape index (κ2) is 6.37. The van der Waals surface area contributed by atoms with Gasteiger partial charge in [0.25, 0.3) is 5.56 Å². The van der Waals surface area contributed by atoms with E-state index in [1.54, 1.807) is 6.92 Å². The number of carbonyl (C=O) groups is 1. The Morgan fingerprint density at radius 1 is 1.35 bits per heavy atom. The van der Waals surface area contributed by atoms with Crippen LogP contribution in [0.1, 0.15) is 24.2 Å². The van der Waals surface area contributed by atoms with Gasteiger partial charge in [0.1, 0.15) is 12.0 Å². The molecule has 0 amide bonds. The summed E-state index contributed by atoms with van der Waals surface area (Å²) in [5.74, 6) is -0.655. The number of carbonyl (C=O) groups excluding carboxylic acids is 1. The number of ether oxygens (including phenoxy) is 2. The highest BCUT2D eigenvalue weighted by molar-refractivity contribution is 7.71. The van der Waals surface area contributed by atoms with Crippen LogP contribution >= 0.6 is 12.2 Å². The molecule has 0 spiro atoms. The van der Waals surface area contributed by atoms with E-state index in [9.17, 15) is 9.59 Å². The molecule has 1 aromatic carbocycles. The van der Waals surface area contributed by atoms with Gasteiger partial charge in [0, 0.05) is 6.42 Å². The Labute approximate surface area is 137 Å². The Morgan fingerprint density at radius 3 is 2.78 bits per heavy atom. The number of hydrogen-bond donors (Lipinski definition) is 2. The number of benzene rings is 1. The molecule has 3 rings (SSSR count). The van der Waals surface area contributed by atoms with Crippen LogP contribution in [0.15, 0.2) is 35.1 Å². The molecular weight excluding hydrogens is 316 g/mol. The van der Waals surface area contributed by atoms with Crippen LogP contribution in [0.3, 0.4) is 0 Å². The summed E-state index contributed by atoms with van der Waals surface area (Å²) in [4.78, 5) is 29.8. The van der Waals surface area contributed by atoms with E-state index < -0.39 is 12.0 Å². The van der Waals surface area contributed by atoms with Gasteiger partial charge >= 0.3 is 5.97 Å². The van der Waals surface area contributed by atoms with Crippen molar-refractivity contribution in [2.24, 2.45) is 5.92 Å². The van der Waals surface area contributed by atoms with Gasteiger partial charge in [0.15, 0.2) is 4.77 Å². The molecule has 2 N–H and O–H groups in total. The van der Waals surface area contributed by atoms with Gasteiger partial charge < -0.3 is 14.5 Å². The average Bonchev–Trinajstić information content (AvgIpc) is 2.54. The lowest BCUT2D eigenvalue weighted by atomic mass is 9.88. The quantitative estimate of drug-likeness (QED) is 0.665. The van der Waals surface area contributed by atoms with Crippen LogP contribution in [0.4, 0.5) is 0 Å². The standard InChI is InChI=1S/C16H16N2O4S/c1-2-21-15(20)10-8-11-13(19)17-16(23)18-14(11)22-12(10)9-6-4-3-5-7-9/h3-7,10,12H,2,8H2,1H3,(H2,17,18,19,23)/t10-,12+/m0/s1. The molecule has 0 saturated heterocycles. The highest BCUT2D eigenvalue weighted by Gasteiger charge is 2.38. The van der Waals surface area contributed by atoms with Crippen LogP contribution in [0.5, 0.6) is 5.88 Å². The average molecular weight is 332 g/mol. The number of H-pyrrole nitrogens is 2.